The maximum Gasteiger partial charge on any atom is 0.137 e. The summed E-state index contributed by atoms with van der Waals surface area (Å²) in [4.78, 5) is 13.6. The molecule has 0 atom stereocenters. The molecule has 30 heavy (non-hydrogen) atoms. The Hall–Kier alpha value is -3.67. The minimum absolute atomic E-state index is 0.841. The molecule has 6 nitrogen and oxygen atoms in total. The molecule has 4 aromatic rings. The van der Waals surface area contributed by atoms with Crippen molar-refractivity contribution in [1.82, 2.24) is 19.5 Å². The second-order valence-electron chi connectivity index (χ2n) is 7.53. The number of imidazole rings is 1. The van der Waals surface area contributed by atoms with Crippen LogP contribution in [0.15, 0.2) is 55.1 Å². The second kappa shape index (κ2) is 7.30. The first kappa shape index (κ1) is 18.4. The predicted molar refractivity (Wildman–Crippen MR) is 118 cm³/mol. The zero-order valence-electron chi connectivity index (χ0n) is 17.3. The third-order valence-corrected chi connectivity index (χ3v) is 5.80. The van der Waals surface area contributed by atoms with E-state index in [0.29, 0.717) is 0 Å². The van der Waals surface area contributed by atoms with Crippen molar-refractivity contribution in [2.75, 3.05) is 12.4 Å². The summed E-state index contributed by atoms with van der Waals surface area (Å²) >= 11 is 0. The van der Waals surface area contributed by atoms with Crippen molar-refractivity contribution in [3.8, 4) is 22.7 Å². The summed E-state index contributed by atoms with van der Waals surface area (Å²) < 4.78 is 7.52. The molecule has 2 aromatic carbocycles. The summed E-state index contributed by atoms with van der Waals surface area (Å²) in [6, 6.07) is 14.5. The largest absolute Gasteiger partial charge is 0.497 e. The molecule has 1 N–H and O–H groups in total. The van der Waals surface area contributed by atoms with Crippen LogP contribution in [0.4, 0.5) is 11.5 Å². The molecule has 0 radical (unpaired) electrons. The van der Waals surface area contributed by atoms with Crippen molar-refractivity contribution in [1.29, 1.82) is 0 Å². The lowest BCUT2D eigenvalue weighted by Crippen LogP contribution is -2.10. The Balaban J connectivity index is 1.52. The second-order valence-corrected chi connectivity index (χ2v) is 7.53. The molecule has 150 valence electrons. The zero-order chi connectivity index (χ0) is 20.7. The molecule has 0 aliphatic heterocycles. The lowest BCUT2D eigenvalue weighted by atomic mass is 9.89. The van der Waals surface area contributed by atoms with E-state index < -0.39 is 0 Å². The number of nitrogens with one attached hydrogen (secondary N) is 1. The molecule has 0 unspecified atom stereocenters. The van der Waals surface area contributed by atoms with Gasteiger partial charge in [0.15, 0.2) is 0 Å². The minimum atomic E-state index is 0.841. The monoisotopic (exact) mass is 397 g/mol. The highest BCUT2D eigenvalue weighted by Crippen LogP contribution is 2.37. The summed E-state index contributed by atoms with van der Waals surface area (Å²) in [5, 5.41) is 3.51. The first-order valence-electron chi connectivity index (χ1n) is 10.0. The molecule has 0 fully saturated rings. The zero-order valence-corrected chi connectivity index (χ0v) is 17.3. The summed E-state index contributed by atoms with van der Waals surface area (Å²) in [6.45, 7) is 4.10. The van der Waals surface area contributed by atoms with E-state index in [1.54, 1.807) is 13.4 Å². The van der Waals surface area contributed by atoms with Crippen LogP contribution < -0.4 is 10.1 Å². The number of nitrogens with zero attached hydrogens (tertiary/aromatic N) is 4. The fourth-order valence-electron chi connectivity index (χ4n) is 4.00. The Labute approximate surface area is 175 Å². The number of ether oxygens (including phenoxy) is 1. The number of aryl methyl sites for hydroxylation is 2. The van der Waals surface area contributed by atoms with Crippen LogP contribution in [0.1, 0.15) is 22.5 Å². The van der Waals surface area contributed by atoms with Gasteiger partial charge in [-0.3, -0.25) is 0 Å². The Kier molecular flexibility index (Phi) is 4.47. The third-order valence-electron chi connectivity index (χ3n) is 5.80. The van der Waals surface area contributed by atoms with E-state index in [-0.39, 0.29) is 0 Å². The van der Waals surface area contributed by atoms with E-state index in [9.17, 15) is 0 Å². The van der Waals surface area contributed by atoms with Gasteiger partial charge in [-0.05, 0) is 62.6 Å². The van der Waals surface area contributed by atoms with Crippen molar-refractivity contribution < 1.29 is 4.74 Å². The maximum absolute atomic E-state index is 5.42. The highest BCUT2D eigenvalue weighted by molar-refractivity contribution is 5.76. The molecule has 1 aliphatic rings. The Morgan fingerprint density at radius 1 is 1.00 bits per heavy atom. The quantitative estimate of drug-likeness (QED) is 0.536. The SMILES string of the molecule is COc1ccc2c(c1)-c1ncnc(Nc3cccc(-n4cnc(C)c4C)c3)c1CC2. The molecule has 2 aromatic heterocycles. The van der Waals surface area contributed by atoms with Gasteiger partial charge in [-0.15, -0.1) is 0 Å². The molecule has 0 saturated heterocycles. The molecule has 1 aliphatic carbocycles. The normalized spacial score (nSPS) is 12.2. The molecule has 0 saturated carbocycles. The molecule has 6 heteroatoms. The van der Waals surface area contributed by atoms with Gasteiger partial charge in [0.1, 0.15) is 17.9 Å². The Morgan fingerprint density at radius 3 is 2.70 bits per heavy atom. The van der Waals surface area contributed by atoms with Crippen LogP contribution in [0.2, 0.25) is 0 Å². The van der Waals surface area contributed by atoms with Gasteiger partial charge >= 0.3 is 0 Å². The van der Waals surface area contributed by atoms with Crippen LogP contribution in [0.3, 0.4) is 0 Å². The van der Waals surface area contributed by atoms with Gasteiger partial charge in [0.05, 0.1) is 24.8 Å². The topological polar surface area (TPSA) is 64.9 Å². The van der Waals surface area contributed by atoms with Gasteiger partial charge in [0, 0.05) is 28.2 Å². The van der Waals surface area contributed by atoms with E-state index in [0.717, 1.165) is 64.0 Å². The smallest absolute Gasteiger partial charge is 0.137 e. The molecule has 0 spiro atoms. The number of hydrogen-bond acceptors (Lipinski definition) is 5. The van der Waals surface area contributed by atoms with Crippen LogP contribution in [-0.4, -0.2) is 26.6 Å². The standard InChI is InChI=1S/C24H23N5O/c1-15-16(2)29(14-27-15)19-6-4-5-18(11-19)28-24-21-10-8-17-7-9-20(30-3)12-22(17)23(21)25-13-26-24/h4-7,9,11-14H,8,10H2,1-3H3,(H,25,26,28). The summed E-state index contributed by atoms with van der Waals surface area (Å²) in [5.41, 5.74) is 8.75. The van der Waals surface area contributed by atoms with Crippen molar-refractivity contribution in [3.05, 3.63) is 77.6 Å². The summed E-state index contributed by atoms with van der Waals surface area (Å²) in [6.07, 6.45) is 5.35. The number of anilines is 2. The van der Waals surface area contributed by atoms with Crippen molar-refractivity contribution in [2.45, 2.75) is 26.7 Å². The van der Waals surface area contributed by atoms with E-state index in [2.05, 4.69) is 62.1 Å². The molecule has 2 heterocycles. The fraction of sp³-hybridized carbons (Fsp3) is 0.208. The van der Waals surface area contributed by atoms with Crippen molar-refractivity contribution >= 4 is 11.5 Å². The molecular weight excluding hydrogens is 374 g/mol. The van der Waals surface area contributed by atoms with Gasteiger partial charge in [0.25, 0.3) is 0 Å². The van der Waals surface area contributed by atoms with Gasteiger partial charge < -0.3 is 14.6 Å². The predicted octanol–water partition coefficient (Wildman–Crippen LogP) is 4.80. The summed E-state index contributed by atoms with van der Waals surface area (Å²) in [5.74, 6) is 1.69. The number of fused-ring (bicyclic) bond motifs is 3. The van der Waals surface area contributed by atoms with Crippen LogP contribution in [0.5, 0.6) is 5.75 Å². The lowest BCUT2D eigenvalue weighted by Gasteiger charge is -2.22. The first-order chi connectivity index (χ1) is 14.6. The van der Waals surface area contributed by atoms with E-state index in [4.69, 9.17) is 4.74 Å². The highest BCUT2D eigenvalue weighted by Gasteiger charge is 2.21. The van der Waals surface area contributed by atoms with E-state index in [1.807, 2.05) is 25.4 Å². The van der Waals surface area contributed by atoms with Crippen LogP contribution in [0, 0.1) is 13.8 Å². The molecule has 5 rings (SSSR count). The van der Waals surface area contributed by atoms with Gasteiger partial charge in [-0.25, -0.2) is 15.0 Å². The third kappa shape index (κ3) is 3.10. The lowest BCUT2D eigenvalue weighted by molar-refractivity contribution is 0.415. The average molecular weight is 397 g/mol. The minimum Gasteiger partial charge on any atom is -0.497 e. The van der Waals surface area contributed by atoms with E-state index in [1.165, 1.54) is 5.56 Å². The molecule has 0 amide bonds. The van der Waals surface area contributed by atoms with Crippen LogP contribution in [-0.2, 0) is 12.8 Å². The van der Waals surface area contributed by atoms with E-state index >= 15 is 0 Å². The molecular formula is C24H23N5O. The Bertz CT molecular complexity index is 1240. The fourth-order valence-corrected chi connectivity index (χ4v) is 4.00. The number of rotatable bonds is 4. The highest BCUT2D eigenvalue weighted by atomic mass is 16.5. The average Bonchev–Trinajstić information content (AvgIpc) is 3.12. The van der Waals surface area contributed by atoms with Crippen molar-refractivity contribution in [3.63, 3.8) is 0 Å². The molecule has 0 bridgehead atoms. The first-order valence-corrected chi connectivity index (χ1v) is 10.0. The van der Waals surface area contributed by atoms with Gasteiger partial charge in [-0.2, -0.15) is 0 Å². The maximum atomic E-state index is 5.42. The van der Waals surface area contributed by atoms with Crippen LogP contribution in [0.25, 0.3) is 16.9 Å². The number of benzene rings is 2. The van der Waals surface area contributed by atoms with Gasteiger partial charge in [0.2, 0.25) is 0 Å². The van der Waals surface area contributed by atoms with Gasteiger partial charge in [-0.1, -0.05) is 12.1 Å². The summed E-state index contributed by atoms with van der Waals surface area (Å²) in [7, 11) is 1.69. The van der Waals surface area contributed by atoms with Crippen LogP contribution >= 0.6 is 0 Å². The Morgan fingerprint density at radius 2 is 1.90 bits per heavy atom. The number of methoxy groups -OCH3 is 1. The van der Waals surface area contributed by atoms with Crippen molar-refractivity contribution in [2.24, 2.45) is 0 Å². The number of hydrogen-bond donors (Lipinski definition) is 1. The number of aromatic nitrogens is 4.